The second kappa shape index (κ2) is 5.89. The molecule has 0 amide bonds. The van der Waals surface area contributed by atoms with Crippen LogP contribution in [0.15, 0.2) is 18.2 Å². The van der Waals surface area contributed by atoms with Crippen molar-refractivity contribution in [3.05, 3.63) is 28.8 Å². The van der Waals surface area contributed by atoms with Gasteiger partial charge in [0.15, 0.2) is 0 Å². The Morgan fingerprint density at radius 2 is 1.89 bits per heavy atom. The average molecular weight is 271 g/mol. The van der Waals surface area contributed by atoms with Gasteiger partial charge in [0.05, 0.1) is 0 Å². The third-order valence-corrected chi connectivity index (χ3v) is 3.66. The van der Waals surface area contributed by atoms with Crippen molar-refractivity contribution in [1.82, 2.24) is 0 Å². The number of anilines is 1. The highest BCUT2D eigenvalue weighted by atomic mass is 35.5. The number of methoxy groups -OCH3 is 2. The first-order chi connectivity index (χ1) is 8.69. The molecule has 1 aliphatic rings. The number of halogens is 1. The lowest BCUT2D eigenvalue weighted by molar-refractivity contribution is -0.00461. The molecule has 1 aromatic carbocycles. The summed E-state index contributed by atoms with van der Waals surface area (Å²) in [5.74, 6) is 0. The fraction of sp³-hybridized carbons (Fsp3) is 0.538. The van der Waals surface area contributed by atoms with Crippen LogP contribution < -0.4 is 10.6 Å². The van der Waals surface area contributed by atoms with Crippen molar-refractivity contribution in [2.24, 2.45) is 5.73 Å². The lowest BCUT2D eigenvalue weighted by atomic mass is 10.1. The molecule has 1 aliphatic heterocycles. The molecular weight excluding hydrogens is 252 g/mol. The number of hydrogen-bond donors (Lipinski definition) is 1. The van der Waals surface area contributed by atoms with Crippen LogP contribution in [0, 0.1) is 0 Å². The third-order valence-electron chi connectivity index (χ3n) is 3.43. The van der Waals surface area contributed by atoms with Crippen LogP contribution in [-0.2, 0) is 16.0 Å². The van der Waals surface area contributed by atoms with Gasteiger partial charge in [-0.25, -0.2) is 0 Å². The van der Waals surface area contributed by atoms with E-state index in [0.29, 0.717) is 6.54 Å². The highest BCUT2D eigenvalue weighted by Gasteiger charge is 2.33. The van der Waals surface area contributed by atoms with E-state index in [-0.39, 0.29) is 12.2 Å². The maximum atomic E-state index is 6.06. The van der Waals surface area contributed by atoms with Gasteiger partial charge in [0.1, 0.15) is 12.2 Å². The van der Waals surface area contributed by atoms with E-state index in [0.717, 1.165) is 29.4 Å². The van der Waals surface area contributed by atoms with E-state index >= 15 is 0 Å². The normalized spacial score (nSPS) is 23.7. The van der Waals surface area contributed by atoms with Crippen molar-refractivity contribution in [1.29, 1.82) is 0 Å². The molecule has 0 spiro atoms. The number of hydrogen-bond acceptors (Lipinski definition) is 4. The van der Waals surface area contributed by atoms with Gasteiger partial charge in [-0.2, -0.15) is 0 Å². The molecule has 2 rings (SSSR count). The summed E-state index contributed by atoms with van der Waals surface area (Å²) in [4.78, 5) is 2.22. The number of benzene rings is 1. The summed E-state index contributed by atoms with van der Waals surface area (Å²) in [6.45, 7) is 2.09. The smallest absolute Gasteiger partial charge is 0.102 e. The van der Waals surface area contributed by atoms with Crippen molar-refractivity contribution in [3.63, 3.8) is 0 Å². The summed E-state index contributed by atoms with van der Waals surface area (Å²) in [7, 11) is 3.42. The molecule has 2 N–H and O–H groups in total. The molecule has 0 aromatic heterocycles. The predicted octanol–water partition coefficient (Wildman–Crippen LogP) is 1.65. The molecule has 1 heterocycles. The summed E-state index contributed by atoms with van der Waals surface area (Å²) in [6, 6.07) is 5.79. The Morgan fingerprint density at radius 3 is 2.39 bits per heavy atom. The Hall–Kier alpha value is -0.810. The summed E-state index contributed by atoms with van der Waals surface area (Å²) < 4.78 is 10.9. The predicted molar refractivity (Wildman–Crippen MR) is 73.2 cm³/mol. The van der Waals surface area contributed by atoms with E-state index in [4.69, 9.17) is 26.8 Å². The molecule has 1 aromatic rings. The highest BCUT2D eigenvalue weighted by Crippen LogP contribution is 2.29. The van der Waals surface area contributed by atoms with Gasteiger partial charge in [0, 0.05) is 44.6 Å². The number of ether oxygens (including phenoxy) is 2. The minimum Gasteiger partial charge on any atom is -0.377 e. The van der Waals surface area contributed by atoms with E-state index in [9.17, 15) is 0 Å². The Morgan fingerprint density at radius 1 is 1.28 bits per heavy atom. The minimum atomic E-state index is 0.0830. The molecule has 1 saturated heterocycles. The fourth-order valence-electron chi connectivity index (χ4n) is 2.40. The van der Waals surface area contributed by atoms with E-state index in [1.807, 2.05) is 18.2 Å². The van der Waals surface area contributed by atoms with Crippen LogP contribution in [0.3, 0.4) is 0 Å². The van der Waals surface area contributed by atoms with Crippen molar-refractivity contribution in [2.45, 2.75) is 18.8 Å². The Labute approximate surface area is 113 Å². The summed E-state index contributed by atoms with van der Waals surface area (Å²) in [6.07, 6.45) is 0.166. The zero-order valence-electron chi connectivity index (χ0n) is 10.7. The number of nitrogens with zero attached hydrogens (tertiary/aromatic N) is 1. The Balaban J connectivity index is 2.24. The second-order valence-corrected chi connectivity index (χ2v) is 4.87. The van der Waals surface area contributed by atoms with E-state index in [2.05, 4.69) is 4.90 Å². The minimum absolute atomic E-state index is 0.0830. The summed E-state index contributed by atoms with van der Waals surface area (Å²) in [5, 5.41) is 0.719. The lowest BCUT2D eigenvalue weighted by Crippen LogP contribution is -2.27. The van der Waals surface area contributed by atoms with Gasteiger partial charge in [-0.05, 0) is 17.7 Å². The lowest BCUT2D eigenvalue weighted by Gasteiger charge is -2.21. The molecular formula is C13H19ClN2O2. The Bertz CT molecular complexity index is 402. The van der Waals surface area contributed by atoms with Gasteiger partial charge in [-0.3, -0.25) is 0 Å². The van der Waals surface area contributed by atoms with Gasteiger partial charge < -0.3 is 20.1 Å². The summed E-state index contributed by atoms with van der Waals surface area (Å²) in [5.41, 5.74) is 7.93. The van der Waals surface area contributed by atoms with E-state index in [1.165, 1.54) is 0 Å². The van der Waals surface area contributed by atoms with Crippen molar-refractivity contribution >= 4 is 17.3 Å². The largest absolute Gasteiger partial charge is 0.377 e. The number of nitrogens with two attached hydrogens (primary N) is 1. The molecule has 0 bridgehead atoms. The molecule has 0 aliphatic carbocycles. The highest BCUT2D eigenvalue weighted by molar-refractivity contribution is 6.30. The number of rotatable bonds is 4. The topological polar surface area (TPSA) is 47.7 Å². The first-order valence-electron chi connectivity index (χ1n) is 5.98. The van der Waals surface area contributed by atoms with Gasteiger partial charge in [0.2, 0.25) is 0 Å². The van der Waals surface area contributed by atoms with Gasteiger partial charge in [-0.1, -0.05) is 17.7 Å². The van der Waals surface area contributed by atoms with Crippen molar-refractivity contribution in [3.8, 4) is 0 Å². The zero-order valence-corrected chi connectivity index (χ0v) is 11.5. The van der Waals surface area contributed by atoms with Crippen molar-refractivity contribution in [2.75, 3.05) is 32.2 Å². The molecule has 1 fully saturated rings. The van der Waals surface area contributed by atoms with Crippen LogP contribution in [0.2, 0.25) is 5.02 Å². The molecule has 18 heavy (non-hydrogen) atoms. The van der Waals surface area contributed by atoms with E-state index < -0.39 is 0 Å². The van der Waals surface area contributed by atoms with Gasteiger partial charge >= 0.3 is 0 Å². The SMILES string of the molecule is COC1CN(c2cc(Cl)ccc2CN)CC1OC. The summed E-state index contributed by atoms with van der Waals surface area (Å²) >= 11 is 6.06. The Kier molecular flexibility index (Phi) is 4.45. The van der Waals surface area contributed by atoms with Gasteiger partial charge in [0.25, 0.3) is 0 Å². The maximum absolute atomic E-state index is 6.06. The van der Waals surface area contributed by atoms with Crippen molar-refractivity contribution < 1.29 is 9.47 Å². The van der Waals surface area contributed by atoms with Crippen LogP contribution in [0.4, 0.5) is 5.69 Å². The van der Waals surface area contributed by atoms with Crippen LogP contribution in [0.25, 0.3) is 0 Å². The molecule has 0 radical (unpaired) electrons. The molecule has 100 valence electrons. The van der Waals surface area contributed by atoms with E-state index in [1.54, 1.807) is 14.2 Å². The zero-order chi connectivity index (χ0) is 13.1. The molecule has 5 heteroatoms. The molecule has 2 atom stereocenters. The fourth-order valence-corrected chi connectivity index (χ4v) is 2.56. The quantitative estimate of drug-likeness (QED) is 0.904. The monoisotopic (exact) mass is 270 g/mol. The van der Waals surface area contributed by atoms with Crippen LogP contribution in [0.1, 0.15) is 5.56 Å². The molecule has 2 unspecified atom stereocenters. The van der Waals surface area contributed by atoms with Crippen LogP contribution in [0.5, 0.6) is 0 Å². The average Bonchev–Trinajstić information content (AvgIpc) is 2.81. The standard InChI is InChI=1S/C13H19ClN2O2/c1-17-12-7-16(8-13(12)18-2)11-5-10(14)4-3-9(11)6-15/h3-5,12-13H,6-8,15H2,1-2H3. The first kappa shape index (κ1) is 13.6. The molecule has 0 saturated carbocycles. The maximum Gasteiger partial charge on any atom is 0.102 e. The third kappa shape index (κ3) is 2.62. The molecule has 4 nitrogen and oxygen atoms in total. The van der Waals surface area contributed by atoms with Gasteiger partial charge in [-0.15, -0.1) is 0 Å². The van der Waals surface area contributed by atoms with Crippen LogP contribution in [-0.4, -0.2) is 39.5 Å². The first-order valence-corrected chi connectivity index (χ1v) is 6.36. The second-order valence-electron chi connectivity index (χ2n) is 4.43. The van der Waals surface area contributed by atoms with Crippen LogP contribution >= 0.6 is 11.6 Å².